The topological polar surface area (TPSA) is 136 Å². The average molecular weight is 430 g/mol. The number of primary amides is 1. The molecule has 1 amide bonds. The van der Waals surface area contributed by atoms with Crippen molar-refractivity contribution in [1.29, 1.82) is 0 Å². The Bertz CT molecular complexity index is 1120. The summed E-state index contributed by atoms with van der Waals surface area (Å²) in [6.45, 7) is 0.986. The van der Waals surface area contributed by atoms with Gasteiger partial charge in [0.15, 0.2) is 23.2 Å². The molecule has 0 aliphatic heterocycles. The molecule has 0 aliphatic rings. The summed E-state index contributed by atoms with van der Waals surface area (Å²) in [6.07, 6.45) is 0.838. The molecule has 11 heteroatoms. The molecule has 4 N–H and O–H groups in total. The van der Waals surface area contributed by atoms with E-state index in [1.54, 1.807) is 18.2 Å². The molecule has 0 saturated carbocycles. The fourth-order valence-corrected chi connectivity index (χ4v) is 2.89. The van der Waals surface area contributed by atoms with Crippen molar-refractivity contribution in [2.45, 2.75) is 25.9 Å². The zero-order valence-electron chi connectivity index (χ0n) is 16.5. The number of benzene rings is 1. The second kappa shape index (κ2) is 9.39. The van der Waals surface area contributed by atoms with Gasteiger partial charge >= 0.3 is 0 Å². The summed E-state index contributed by atoms with van der Waals surface area (Å²) in [4.78, 5) is 31.5. The van der Waals surface area contributed by atoms with Crippen LogP contribution in [-0.4, -0.2) is 49.2 Å². The molecule has 2 heterocycles. The van der Waals surface area contributed by atoms with Gasteiger partial charge in [0, 0.05) is 19.1 Å². The third-order valence-corrected chi connectivity index (χ3v) is 4.46. The Balaban J connectivity index is 1.96. The number of aliphatic hydroxyl groups excluding tert-OH is 1. The van der Waals surface area contributed by atoms with E-state index in [0.717, 1.165) is 6.20 Å². The zero-order chi connectivity index (χ0) is 22.5. The van der Waals surface area contributed by atoms with Crippen LogP contribution in [0.2, 0.25) is 0 Å². The third-order valence-electron chi connectivity index (χ3n) is 4.46. The fourth-order valence-electron chi connectivity index (χ4n) is 2.89. The van der Waals surface area contributed by atoms with Crippen LogP contribution in [0.1, 0.15) is 29.4 Å². The number of amides is 1. The van der Waals surface area contributed by atoms with Crippen molar-refractivity contribution in [1.82, 2.24) is 19.7 Å². The van der Waals surface area contributed by atoms with E-state index in [1.165, 1.54) is 23.7 Å². The molecule has 0 saturated heterocycles. The lowest BCUT2D eigenvalue weighted by atomic mass is 10.2. The van der Waals surface area contributed by atoms with Gasteiger partial charge in [-0.15, -0.1) is 0 Å². The van der Waals surface area contributed by atoms with E-state index in [4.69, 9.17) is 10.8 Å². The number of ketones is 1. The molecule has 3 rings (SSSR count). The van der Waals surface area contributed by atoms with Crippen molar-refractivity contribution in [3.8, 4) is 11.5 Å². The van der Waals surface area contributed by atoms with E-state index in [2.05, 4.69) is 20.4 Å². The molecule has 0 radical (unpaired) electrons. The number of Topliss-reactive ketones (excluding diaryl/α,β-unsaturated/α-hetero) is 1. The van der Waals surface area contributed by atoms with Crippen molar-refractivity contribution in [3.05, 3.63) is 59.4 Å². The zero-order valence-corrected chi connectivity index (χ0v) is 16.5. The summed E-state index contributed by atoms with van der Waals surface area (Å²) >= 11 is 0. The summed E-state index contributed by atoms with van der Waals surface area (Å²) in [5.41, 5.74) is 5.92. The van der Waals surface area contributed by atoms with Crippen LogP contribution < -0.4 is 11.1 Å². The maximum absolute atomic E-state index is 14.2. The van der Waals surface area contributed by atoms with Gasteiger partial charge in [-0.3, -0.25) is 14.3 Å². The minimum Gasteiger partial charge on any atom is -0.396 e. The Morgan fingerprint density at radius 1 is 1.26 bits per heavy atom. The molecular weight excluding hydrogens is 410 g/mol. The molecule has 2 aromatic heterocycles. The van der Waals surface area contributed by atoms with Gasteiger partial charge in [0.1, 0.15) is 23.2 Å². The van der Waals surface area contributed by atoms with Crippen LogP contribution in [0.3, 0.4) is 0 Å². The minimum atomic E-state index is -1.05. The van der Waals surface area contributed by atoms with Crippen molar-refractivity contribution in [3.63, 3.8) is 0 Å². The highest BCUT2D eigenvalue weighted by Gasteiger charge is 2.20. The third kappa shape index (κ3) is 5.07. The van der Waals surface area contributed by atoms with E-state index < -0.39 is 23.6 Å². The van der Waals surface area contributed by atoms with Gasteiger partial charge in [-0.1, -0.05) is 18.2 Å². The maximum atomic E-state index is 14.2. The van der Waals surface area contributed by atoms with E-state index in [9.17, 15) is 18.4 Å². The number of aliphatic hydroxyl groups is 1. The lowest BCUT2D eigenvalue weighted by Crippen LogP contribution is -2.36. The number of hydrogen-bond donors (Lipinski definition) is 3. The Morgan fingerprint density at radius 2 is 2.00 bits per heavy atom. The number of nitrogens with one attached hydrogen (secondary N) is 1. The lowest BCUT2D eigenvalue weighted by molar-refractivity contribution is -0.119. The van der Waals surface area contributed by atoms with Gasteiger partial charge in [-0.2, -0.15) is 5.10 Å². The molecule has 0 spiro atoms. The van der Waals surface area contributed by atoms with Crippen LogP contribution in [0.15, 0.2) is 36.5 Å². The predicted molar refractivity (Wildman–Crippen MR) is 107 cm³/mol. The Labute approximate surface area is 175 Å². The molecule has 3 aromatic rings. The number of aromatic nitrogens is 4. The molecule has 0 bridgehead atoms. The van der Waals surface area contributed by atoms with Gasteiger partial charge in [-0.05, 0) is 18.6 Å². The fraction of sp³-hybridized carbons (Fsp3) is 0.250. The SMILES string of the molecule is CC(=O)c1cc(-c2ncc(F)c(N[C@@H](CCO)C(N)=O)n2)nn1Cc1ccccc1F. The molecular formula is C20H20F2N6O3. The first-order valence-electron chi connectivity index (χ1n) is 9.32. The van der Waals surface area contributed by atoms with Crippen molar-refractivity contribution >= 4 is 17.5 Å². The quantitative estimate of drug-likeness (QED) is 0.438. The van der Waals surface area contributed by atoms with E-state index in [0.29, 0.717) is 5.56 Å². The number of hydrogen-bond acceptors (Lipinski definition) is 7. The smallest absolute Gasteiger partial charge is 0.240 e. The Hall–Kier alpha value is -3.73. The number of nitrogens with zero attached hydrogens (tertiary/aromatic N) is 4. The van der Waals surface area contributed by atoms with Crippen LogP contribution in [0.25, 0.3) is 11.5 Å². The van der Waals surface area contributed by atoms with Crippen LogP contribution in [-0.2, 0) is 11.3 Å². The molecule has 0 fully saturated rings. The van der Waals surface area contributed by atoms with Crippen molar-refractivity contribution in [2.75, 3.05) is 11.9 Å². The summed E-state index contributed by atoms with van der Waals surface area (Å²) in [6, 6.07) is 6.46. The first-order valence-corrected chi connectivity index (χ1v) is 9.32. The number of rotatable bonds is 9. The number of nitrogens with two attached hydrogens (primary N) is 1. The van der Waals surface area contributed by atoms with Crippen molar-refractivity contribution < 1.29 is 23.5 Å². The van der Waals surface area contributed by atoms with Gasteiger partial charge in [0.25, 0.3) is 0 Å². The average Bonchev–Trinajstić information content (AvgIpc) is 3.15. The monoisotopic (exact) mass is 430 g/mol. The molecule has 0 unspecified atom stereocenters. The summed E-state index contributed by atoms with van der Waals surface area (Å²) in [5.74, 6) is -2.72. The second-order valence-electron chi connectivity index (χ2n) is 6.72. The summed E-state index contributed by atoms with van der Waals surface area (Å²) in [7, 11) is 0. The second-order valence-corrected chi connectivity index (χ2v) is 6.72. The molecule has 1 aromatic carbocycles. The van der Waals surface area contributed by atoms with E-state index >= 15 is 0 Å². The van der Waals surface area contributed by atoms with Crippen LogP contribution in [0.5, 0.6) is 0 Å². The lowest BCUT2D eigenvalue weighted by Gasteiger charge is -2.15. The highest BCUT2D eigenvalue weighted by atomic mass is 19.1. The maximum Gasteiger partial charge on any atom is 0.240 e. The number of anilines is 1. The van der Waals surface area contributed by atoms with Gasteiger partial charge in [0.05, 0.1) is 12.7 Å². The number of carbonyl (C=O) groups is 2. The van der Waals surface area contributed by atoms with Crippen molar-refractivity contribution in [2.24, 2.45) is 5.73 Å². The normalized spacial score (nSPS) is 11.9. The largest absolute Gasteiger partial charge is 0.396 e. The highest BCUT2D eigenvalue weighted by molar-refractivity contribution is 5.93. The first-order chi connectivity index (χ1) is 14.8. The highest BCUT2D eigenvalue weighted by Crippen LogP contribution is 2.21. The van der Waals surface area contributed by atoms with Gasteiger partial charge in [0.2, 0.25) is 5.91 Å². The standard InChI is InChI=1S/C20H20F2N6O3/c1-11(30)17-8-16(27-28(17)10-12-4-2-3-5-13(12)21)20-24-9-14(22)19(26-20)25-15(6-7-29)18(23)31/h2-5,8-9,15,29H,6-7,10H2,1H3,(H2,23,31)(H,24,25,26)/t15-/m0/s1. The molecule has 0 aliphatic carbocycles. The molecule has 31 heavy (non-hydrogen) atoms. The Kier molecular flexibility index (Phi) is 6.65. The van der Waals surface area contributed by atoms with Crippen LogP contribution >= 0.6 is 0 Å². The summed E-state index contributed by atoms with van der Waals surface area (Å²) < 4.78 is 29.5. The minimum absolute atomic E-state index is 0.00582. The molecule has 1 atom stereocenters. The molecule has 162 valence electrons. The molecule has 9 nitrogen and oxygen atoms in total. The summed E-state index contributed by atoms with van der Waals surface area (Å²) in [5, 5.41) is 15.9. The Morgan fingerprint density at radius 3 is 2.65 bits per heavy atom. The van der Waals surface area contributed by atoms with E-state index in [1.807, 2.05) is 0 Å². The van der Waals surface area contributed by atoms with Crippen LogP contribution in [0.4, 0.5) is 14.6 Å². The van der Waals surface area contributed by atoms with Gasteiger partial charge < -0.3 is 16.2 Å². The predicted octanol–water partition coefficient (Wildman–Crippen LogP) is 1.52. The number of halogens is 2. The first kappa shape index (κ1) is 22.0. The van der Waals surface area contributed by atoms with Crippen LogP contribution in [0, 0.1) is 11.6 Å². The van der Waals surface area contributed by atoms with E-state index in [-0.39, 0.29) is 48.4 Å². The van der Waals surface area contributed by atoms with Gasteiger partial charge in [-0.25, -0.2) is 18.7 Å². The number of carbonyl (C=O) groups excluding carboxylic acids is 2.